The number of piperazine rings is 1. The van der Waals surface area contributed by atoms with Crippen LogP contribution in [0.5, 0.6) is 0 Å². The van der Waals surface area contributed by atoms with Crippen molar-refractivity contribution in [3.63, 3.8) is 0 Å². The first-order valence-electron chi connectivity index (χ1n) is 10.9. The second kappa shape index (κ2) is 9.53. The van der Waals surface area contributed by atoms with Gasteiger partial charge >= 0.3 is 0 Å². The molecule has 2 fully saturated rings. The standard InChI is InChI=1S/C23H31N5O2/c1-18(2)19-3-5-20(6-4-19)21(17-29)26-9-11-27(12-10-26)22-7-8-23(25-24-22)28-13-15-30-16-14-28/h3-8,17-18,21H,9-16H2,1-2H3/t21-/m1/s1. The molecule has 0 aliphatic carbocycles. The average molecular weight is 410 g/mol. The summed E-state index contributed by atoms with van der Waals surface area (Å²) in [7, 11) is 0. The van der Waals surface area contributed by atoms with Crippen molar-refractivity contribution in [3.8, 4) is 0 Å². The number of hydrogen-bond donors (Lipinski definition) is 0. The van der Waals surface area contributed by atoms with Gasteiger partial charge < -0.3 is 19.3 Å². The maximum absolute atomic E-state index is 11.9. The minimum Gasteiger partial charge on any atom is -0.378 e. The van der Waals surface area contributed by atoms with Crippen molar-refractivity contribution < 1.29 is 9.53 Å². The van der Waals surface area contributed by atoms with Crippen LogP contribution in [0.15, 0.2) is 36.4 Å². The Balaban J connectivity index is 1.36. The van der Waals surface area contributed by atoms with E-state index in [-0.39, 0.29) is 6.04 Å². The Labute approximate surface area is 178 Å². The SMILES string of the molecule is CC(C)c1ccc([C@@H](C=O)N2CCN(c3ccc(N4CCOCC4)nn3)CC2)cc1. The molecule has 1 aromatic heterocycles. The van der Waals surface area contributed by atoms with E-state index in [1.807, 2.05) is 6.07 Å². The molecule has 4 rings (SSSR count). The smallest absolute Gasteiger partial charge is 0.151 e. The first kappa shape index (κ1) is 20.8. The van der Waals surface area contributed by atoms with Gasteiger partial charge in [-0.3, -0.25) is 4.90 Å². The lowest BCUT2D eigenvalue weighted by Gasteiger charge is -2.38. The number of benzene rings is 1. The van der Waals surface area contributed by atoms with Crippen LogP contribution in [0, 0.1) is 0 Å². The fourth-order valence-corrected chi connectivity index (χ4v) is 4.13. The summed E-state index contributed by atoms with van der Waals surface area (Å²) >= 11 is 0. The highest BCUT2D eigenvalue weighted by molar-refractivity contribution is 5.61. The van der Waals surface area contributed by atoms with Crippen LogP contribution in [0.1, 0.15) is 36.9 Å². The number of aromatic nitrogens is 2. The molecule has 0 amide bonds. The van der Waals surface area contributed by atoms with Crippen molar-refractivity contribution >= 4 is 17.9 Å². The largest absolute Gasteiger partial charge is 0.378 e. The van der Waals surface area contributed by atoms with Crippen molar-refractivity contribution in [1.29, 1.82) is 0 Å². The molecule has 2 saturated heterocycles. The molecule has 0 N–H and O–H groups in total. The van der Waals surface area contributed by atoms with E-state index in [9.17, 15) is 4.79 Å². The topological polar surface area (TPSA) is 61.8 Å². The van der Waals surface area contributed by atoms with Crippen LogP contribution in [0.4, 0.5) is 11.6 Å². The molecule has 30 heavy (non-hydrogen) atoms. The molecule has 0 bridgehead atoms. The third kappa shape index (κ3) is 4.63. The van der Waals surface area contributed by atoms with E-state index in [4.69, 9.17) is 4.74 Å². The van der Waals surface area contributed by atoms with Crippen molar-refractivity contribution in [3.05, 3.63) is 47.5 Å². The third-order valence-electron chi connectivity index (χ3n) is 6.08. The minimum absolute atomic E-state index is 0.192. The number of carbonyl (C=O) groups excluding carboxylic acids is 1. The van der Waals surface area contributed by atoms with Crippen LogP contribution < -0.4 is 9.80 Å². The number of nitrogens with zero attached hydrogens (tertiary/aromatic N) is 5. The monoisotopic (exact) mass is 409 g/mol. The highest BCUT2D eigenvalue weighted by Crippen LogP contribution is 2.24. The molecular weight excluding hydrogens is 378 g/mol. The van der Waals surface area contributed by atoms with Gasteiger partial charge in [0.15, 0.2) is 11.6 Å². The molecule has 3 heterocycles. The summed E-state index contributed by atoms with van der Waals surface area (Å²) < 4.78 is 5.40. The first-order chi connectivity index (χ1) is 14.7. The van der Waals surface area contributed by atoms with E-state index in [0.717, 1.165) is 76.0 Å². The molecule has 7 heteroatoms. The van der Waals surface area contributed by atoms with Gasteiger partial charge in [0.25, 0.3) is 0 Å². The van der Waals surface area contributed by atoms with E-state index >= 15 is 0 Å². The average Bonchev–Trinajstić information content (AvgIpc) is 2.81. The molecular formula is C23H31N5O2. The normalized spacial score (nSPS) is 19.2. The van der Waals surface area contributed by atoms with Crippen molar-refractivity contribution in [2.75, 3.05) is 62.3 Å². The maximum Gasteiger partial charge on any atom is 0.151 e. The first-order valence-corrected chi connectivity index (χ1v) is 10.9. The number of hydrogen-bond acceptors (Lipinski definition) is 7. The Morgan fingerprint density at radius 1 is 0.800 bits per heavy atom. The van der Waals surface area contributed by atoms with Crippen LogP contribution in [0.25, 0.3) is 0 Å². The van der Waals surface area contributed by atoms with E-state index in [2.05, 4.69) is 69.1 Å². The van der Waals surface area contributed by atoms with E-state index in [0.29, 0.717) is 5.92 Å². The fourth-order valence-electron chi connectivity index (χ4n) is 4.13. The van der Waals surface area contributed by atoms with Gasteiger partial charge in [-0.05, 0) is 29.2 Å². The highest BCUT2D eigenvalue weighted by Gasteiger charge is 2.26. The number of morpholine rings is 1. The quantitative estimate of drug-likeness (QED) is 0.679. The summed E-state index contributed by atoms with van der Waals surface area (Å²) in [5.41, 5.74) is 2.37. The van der Waals surface area contributed by atoms with Gasteiger partial charge in [-0.2, -0.15) is 0 Å². The molecule has 160 valence electrons. The second-order valence-electron chi connectivity index (χ2n) is 8.27. The molecule has 1 aromatic carbocycles. The van der Waals surface area contributed by atoms with Crippen LogP contribution in [0.2, 0.25) is 0 Å². The summed E-state index contributed by atoms with van der Waals surface area (Å²) in [6.07, 6.45) is 1.07. The van der Waals surface area contributed by atoms with Gasteiger partial charge in [0.2, 0.25) is 0 Å². The van der Waals surface area contributed by atoms with E-state index < -0.39 is 0 Å². The Hall–Kier alpha value is -2.51. The molecule has 0 spiro atoms. The molecule has 1 atom stereocenters. The summed E-state index contributed by atoms with van der Waals surface area (Å²) in [5.74, 6) is 2.30. The zero-order chi connectivity index (χ0) is 20.9. The van der Waals surface area contributed by atoms with Crippen LogP contribution in [0.3, 0.4) is 0 Å². The van der Waals surface area contributed by atoms with Crippen molar-refractivity contribution in [2.45, 2.75) is 25.8 Å². The molecule has 2 aliphatic heterocycles. The molecule has 2 aromatic rings. The molecule has 0 radical (unpaired) electrons. The Morgan fingerprint density at radius 3 is 1.83 bits per heavy atom. The Morgan fingerprint density at radius 2 is 1.33 bits per heavy atom. The zero-order valence-electron chi connectivity index (χ0n) is 17.9. The summed E-state index contributed by atoms with van der Waals surface area (Å²) in [6.45, 7) is 10.9. The Bertz CT molecular complexity index is 810. The van der Waals surface area contributed by atoms with Crippen molar-refractivity contribution in [2.24, 2.45) is 0 Å². The van der Waals surface area contributed by atoms with Gasteiger partial charge in [-0.15, -0.1) is 10.2 Å². The zero-order valence-corrected chi connectivity index (χ0v) is 17.9. The lowest BCUT2D eigenvalue weighted by molar-refractivity contribution is -0.112. The highest BCUT2D eigenvalue weighted by atomic mass is 16.5. The molecule has 0 saturated carbocycles. The lowest BCUT2D eigenvalue weighted by Crippen LogP contribution is -2.48. The van der Waals surface area contributed by atoms with Gasteiger partial charge in [0.1, 0.15) is 6.29 Å². The van der Waals surface area contributed by atoms with E-state index in [1.54, 1.807) is 0 Å². The fraction of sp³-hybridized carbons (Fsp3) is 0.522. The van der Waals surface area contributed by atoms with Crippen LogP contribution in [-0.2, 0) is 9.53 Å². The predicted octanol–water partition coefficient (Wildman–Crippen LogP) is 2.50. The number of carbonyl (C=O) groups is 1. The third-order valence-corrected chi connectivity index (χ3v) is 6.08. The van der Waals surface area contributed by atoms with Gasteiger partial charge in [0.05, 0.1) is 19.3 Å². The van der Waals surface area contributed by atoms with Crippen LogP contribution in [-0.4, -0.2) is 73.9 Å². The van der Waals surface area contributed by atoms with Gasteiger partial charge in [0, 0.05) is 39.3 Å². The summed E-state index contributed by atoms with van der Waals surface area (Å²) in [5, 5.41) is 8.88. The van der Waals surface area contributed by atoms with E-state index in [1.165, 1.54) is 5.56 Å². The number of ether oxygens (including phenoxy) is 1. The summed E-state index contributed by atoms with van der Waals surface area (Å²) in [4.78, 5) is 18.6. The second-order valence-corrected chi connectivity index (χ2v) is 8.27. The maximum atomic E-state index is 11.9. The molecule has 0 unspecified atom stereocenters. The Kier molecular flexibility index (Phi) is 6.59. The van der Waals surface area contributed by atoms with Gasteiger partial charge in [-0.25, -0.2) is 0 Å². The number of anilines is 2. The minimum atomic E-state index is -0.192. The molecule has 7 nitrogen and oxygen atoms in total. The summed E-state index contributed by atoms with van der Waals surface area (Å²) in [6, 6.07) is 12.4. The van der Waals surface area contributed by atoms with Crippen LogP contribution >= 0.6 is 0 Å². The number of aldehydes is 1. The lowest BCUT2D eigenvalue weighted by atomic mass is 9.98. The van der Waals surface area contributed by atoms with Gasteiger partial charge in [-0.1, -0.05) is 38.1 Å². The van der Waals surface area contributed by atoms with Crippen molar-refractivity contribution in [1.82, 2.24) is 15.1 Å². The molecule has 2 aliphatic rings. The number of rotatable bonds is 6. The predicted molar refractivity (Wildman–Crippen MR) is 118 cm³/mol.